The summed E-state index contributed by atoms with van der Waals surface area (Å²) in [5.74, 6) is -0.132. The molecule has 2 rings (SSSR count). The number of pyridine rings is 1. The van der Waals surface area contributed by atoms with Crippen LogP contribution in [-0.2, 0) is 6.42 Å². The van der Waals surface area contributed by atoms with Crippen LogP contribution in [-0.4, -0.2) is 10.9 Å². The average Bonchev–Trinajstić information content (AvgIpc) is 2.81. The van der Waals surface area contributed by atoms with Crippen molar-refractivity contribution in [1.82, 2.24) is 4.98 Å². The van der Waals surface area contributed by atoms with Gasteiger partial charge in [0.2, 0.25) is 0 Å². The van der Waals surface area contributed by atoms with E-state index in [1.54, 1.807) is 12.3 Å². The number of aryl methyl sites for hydroxylation is 1. The largest absolute Gasteiger partial charge is 0.396 e. The summed E-state index contributed by atoms with van der Waals surface area (Å²) in [5.41, 5.74) is 6.76. The first-order valence-corrected chi connectivity index (χ1v) is 6.12. The van der Waals surface area contributed by atoms with Gasteiger partial charge >= 0.3 is 0 Å². The first-order valence-electron chi connectivity index (χ1n) is 5.30. The highest BCUT2D eigenvalue weighted by atomic mass is 32.1. The molecule has 0 aromatic carbocycles. The molecule has 0 unspecified atom stereocenters. The number of carbonyl (C=O) groups excluding carboxylic acids is 1. The maximum atomic E-state index is 11.9. The fraction of sp³-hybridized carbons (Fsp3) is 0.167. The van der Waals surface area contributed by atoms with E-state index in [0.29, 0.717) is 16.3 Å². The van der Waals surface area contributed by atoms with Crippen LogP contribution in [0.1, 0.15) is 21.5 Å². The third-order valence-electron chi connectivity index (χ3n) is 2.33. The van der Waals surface area contributed by atoms with Gasteiger partial charge in [-0.05, 0) is 24.6 Å². The molecule has 0 fully saturated rings. The normalized spacial score (nSPS) is 10.2. The van der Waals surface area contributed by atoms with Gasteiger partial charge in [0.05, 0.1) is 22.4 Å². The highest BCUT2D eigenvalue weighted by molar-refractivity contribution is 7.14. The summed E-state index contributed by atoms with van der Waals surface area (Å²) in [7, 11) is 0. The van der Waals surface area contributed by atoms with E-state index in [9.17, 15) is 4.79 Å². The molecule has 0 aliphatic carbocycles. The third kappa shape index (κ3) is 2.62. The zero-order valence-electron chi connectivity index (χ0n) is 9.43. The van der Waals surface area contributed by atoms with Crippen molar-refractivity contribution < 1.29 is 4.79 Å². The van der Waals surface area contributed by atoms with Crippen molar-refractivity contribution >= 4 is 28.6 Å². The maximum absolute atomic E-state index is 11.9. The summed E-state index contributed by atoms with van der Waals surface area (Å²) >= 11 is 1.50. The molecule has 2 aromatic heterocycles. The summed E-state index contributed by atoms with van der Waals surface area (Å²) in [4.78, 5) is 17.7. The number of nitrogens with two attached hydrogens (primary N) is 1. The summed E-state index contributed by atoms with van der Waals surface area (Å²) in [5, 5.41) is 2.77. The van der Waals surface area contributed by atoms with Gasteiger partial charge in [-0.15, -0.1) is 11.3 Å². The van der Waals surface area contributed by atoms with E-state index in [0.717, 1.165) is 6.42 Å². The molecule has 0 aliphatic heterocycles. The molecule has 0 aliphatic rings. The van der Waals surface area contributed by atoms with E-state index in [1.807, 2.05) is 12.1 Å². The highest BCUT2D eigenvalue weighted by Crippen LogP contribution is 2.20. The number of carbonyl (C=O) groups is 1. The van der Waals surface area contributed by atoms with E-state index in [1.165, 1.54) is 22.4 Å². The van der Waals surface area contributed by atoms with Gasteiger partial charge in [0, 0.05) is 11.1 Å². The molecule has 4 nitrogen and oxygen atoms in total. The number of hydrogen-bond donors (Lipinski definition) is 2. The molecule has 0 saturated heterocycles. The van der Waals surface area contributed by atoms with Crippen molar-refractivity contribution in [2.75, 3.05) is 11.1 Å². The van der Waals surface area contributed by atoms with Crippen molar-refractivity contribution in [1.29, 1.82) is 0 Å². The molecule has 1 amide bonds. The van der Waals surface area contributed by atoms with E-state index in [-0.39, 0.29) is 5.91 Å². The van der Waals surface area contributed by atoms with Crippen LogP contribution >= 0.6 is 11.3 Å². The molecular weight excluding hydrogens is 234 g/mol. The van der Waals surface area contributed by atoms with Crippen LogP contribution in [0.3, 0.4) is 0 Å². The first kappa shape index (κ1) is 11.6. The minimum atomic E-state index is -0.132. The quantitative estimate of drug-likeness (QED) is 0.875. The molecule has 0 spiro atoms. The zero-order valence-corrected chi connectivity index (χ0v) is 10.3. The first-order chi connectivity index (χ1) is 8.20. The number of amides is 1. The Hall–Kier alpha value is -1.88. The minimum Gasteiger partial charge on any atom is -0.396 e. The number of nitrogens with zero attached hydrogens (tertiary/aromatic N) is 1. The highest BCUT2D eigenvalue weighted by Gasteiger charge is 2.10. The number of aromatic nitrogens is 1. The van der Waals surface area contributed by atoms with Crippen LogP contribution < -0.4 is 11.1 Å². The molecule has 2 heterocycles. The Morgan fingerprint density at radius 3 is 2.94 bits per heavy atom. The predicted molar refractivity (Wildman–Crippen MR) is 70.3 cm³/mol. The van der Waals surface area contributed by atoms with Crippen molar-refractivity contribution in [3.8, 4) is 0 Å². The number of anilines is 2. The van der Waals surface area contributed by atoms with E-state index >= 15 is 0 Å². The van der Waals surface area contributed by atoms with Crippen molar-refractivity contribution in [2.45, 2.75) is 13.3 Å². The fourth-order valence-electron chi connectivity index (χ4n) is 1.39. The molecule has 3 N–H and O–H groups in total. The molecule has 0 atom stereocenters. The van der Waals surface area contributed by atoms with Gasteiger partial charge in [-0.25, -0.2) is 0 Å². The Kier molecular flexibility index (Phi) is 3.39. The van der Waals surface area contributed by atoms with Crippen LogP contribution in [0, 0.1) is 0 Å². The summed E-state index contributed by atoms with van der Waals surface area (Å²) in [6.07, 6.45) is 4.05. The molecule has 0 radical (unpaired) electrons. The monoisotopic (exact) mass is 247 g/mol. The van der Waals surface area contributed by atoms with E-state index in [4.69, 9.17) is 5.73 Å². The standard InChI is InChI=1S/C12H13N3OS/c1-2-8-3-4-11(17-8)12(16)15-10-5-6-14-7-9(10)13/h3-7H,2,13H2,1H3,(H,14,15,16). The lowest BCUT2D eigenvalue weighted by Crippen LogP contribution is -2.11. The van der Waals surface area contributed by atoms with Gasteiger partial charge in [-0.1, -0.05) is 6.92 Å². The maximum Gasteiger partial charge on any atom is 0.265 e. The van der Waals surface area contributed by atoms with Crippen LogP contribution in [0.15, 0.2) is 30.6 Å². The molecule has 17 heavy (non-hydrogen) atoms. The molecular formula is C12H13N3OS. The lowest BCUT2D eigenvalue weighted by Gasteiger charge is -2.05. The molecule has 88 valence electrons. The summed E-state index contributed by atoms with van der Waals surface area (Å²) in [6, 6.07) is 5.48. The zero-order chi connectivity index (χ0) is 12.3. The van der Waals surface area contributed by atoms with Crippen LogP contribution in [0.2, 0.25) is 0 Å². The predicted octanol–water partition coefficient (Wildman–Crippen LogP) is 2.54. The molecule has 5 heteroatoms. The number of thiophene rings is 1. The fourth-order valence-corrected chi connectivity index (χ4v) is 2.24. The second-order valence-corrected chi connectivity index (χ2v) is 4.70. The van der Waals surface area contributed by atoms with Crippen LogP contribution in [0.4, 0.5) is 11.4 Å². The van der Waals surface area contributed by atoms with Gasteiger partial charge in [-0.2, -0.15) is 0 Å². The van der Waals surface area contributed by atoms with Crippen LogP contribution in [0.5, 0.6) is 0 Å². The number of nitrogens with one attached hydrogen (secondary N) is 1. The van der Waals surface area contributed by atoms with Gasteiger partial charge in [-0.3, -0.25) is 9.78 Å². The number of hydrogen-bond acceptors (Lipinski definition) is 4. The van der Waals surface area contributed by atoms with Gasteiger partial charge in [0.25, 0.3) is 5.91 Å². The Morgan fingerprint density at radius 1 is 1.47 bits per heavy atom. The van der Waals surface area contributed by atoms with Crippen LogP contribution in [0.25, 0.3) is 0 Å². The Bertz CT molecular complexity index is 536. The molecule has 2 aromatic rings. The minimum absolute atomic E-state index is 0.132. The lowest BCUT2D eigenvalue weighted by atomic mass is 10.3. The SMILES string of the molecule is CCc1ccc(C(=O)Nc2ccncc2N)s1. The average molecular weight is 247 g/mol. The Balaban J connectivity index is 2.14. The van der Waals surface area contributed by atoms with Gasteiger partial charge in [0.1, 0.15) is 0 Å². The third-order valence-corrected chi connectivity index (χ3v) is 3.56. The number of rotatable bonds is 3. The van der Waals surface area contributed by atoms with Gasteiger partial charge < -0.3 is 11.1 Å². The second kappa shape index (κ2) is 4.97. The number of nitrogen functional groups attached to an aromatic ring is 1. The molecule has 0 saturated carbocycles. The second-order valence-electron chi connectivity index (χ2n) is 3.54. The van der Waals surface area contributed by atoms with Gasteiger partial charge in [0.15, 0.2) is 0 Å². The van der Waals surface area contributed by atoms with E-state index < -0.39 is 0 Å². The van der Waals surface area contributed by atoms with Crippen molar-refractivity contribution in [3.05, 3.63) is 40.3 Å². The van der Waals surface area contributed by atoms with Crippen molar-refractivity contribution in [3.63, 3.8) is 0 Å². The lowest BCUT2D eigenvalue weighted by molar-refractivity contribution is 0.103. The summed E-state index contributed by atoms with van der Waals surface area (Å²) < 4.78 is 0. The topological polar surface area (TPSA) is 68.0 Å². The van der Waals surface area contributed by atoms with Crippen molar-refractivity contribution in [2.24, 2.45) is 0 Å². The van der Waals surface area contributed by atoms with E-state index in [2.05, 4.69) is 17.2 Å². The molecule has 0 bridgehead atoms. The Labute approximate surface area is 103 Å². The smallest absolute Gasteiger partial charge is 0.265 e. The summed E-state index contributed by atoms with van der Waals surface area (Å²) in [6.45, 7) is 2.06. The Morgan fingerprint density at radius 2 is 2.29 bits per heavy atom.